The Morgan fingerprint density at radius 2 is 1.53 bits per heavy atom. The quantitative estimate of drug-likeness (QED) is 0.867. The predicted molar refractivity (Wildman–Crippen MR) is 63.8 cm³/mol. The van der Waals surface area contributed by atoms with E-state index in [4.69, 9.17) is 15.2 Å². The number of halogens is 3. The Labute approximate surface area is 107 Å². The summed E-state index contributed by atoms with van der Waals surface area (Å²) in [6.07, 6.45) is 0. The van der Waals surface area contributed by atoms with Crippen molar-refractivity contribution in [2.45, 2.75) is 0 Å². The van der Waals surface area contributed by atoms with Crippen LogP contribution in [0.15, 0.2) is 30.3 Å². The van der Waals surface area contributed by atoms with E-state index in [1.807, 2.05) is 0 Å². The predicted octanol–water partition coefficient (Wildman–Crippen LogP) is 3.49. The molecular weight excluding hydrogens is 259 g/mol. The number of hydrogen-bond donors (Lipinski definition) is 1. The molecule has 2 rings (SSSR count). The minimum absolute atomic E-state index is 0.0111. The smallest absolute Gasteiger partial charge is 0.167 e. The second-order valence-electron chi connectivity index (χ2n) is 3.73. The summed E-state index contributed by atoms with van der Waals surface area (Å²) < 4.78 is 49.3. The molecule has 2 N–H and O–H groups in total. The van der Waals surface area contributed by atoms with Crippen LogP contribution in [-0.4, -0.2) is 7.11 Å². The molecule has 0 aliphatic rings. The maximum atomic E-state index is 13.3. The van der Waals surface area contributed by atoms with Crippen molar-refractivity contribution in [3.8, 4) is 17.2 Å². The fourth-order valence-electron chi connectivity index (χ4n) is 1.51. The molecule has 100 valence electrons. The first-order valence-electron chi connectivity index (χ1n) is 5.26. The summed E-state index contributed by atoms with van der Waals surface area (Å²) in [6, 6.07) is 4.88. The molecule has 0 atom stereocenters. The van der Waals surface area contributed by atoms with Crippen molar-refractivity contribution in [2.24, 2.45) is 0 Å². The zero-order valence-corrected chi connectivity index (χ0v) is 9.91. The molecule has 0 spiro atoms. The summed E-state index contributed by atoms with van der Waals surface area (Å²) in [6.45, 7) is 0. The largest absolute Gasteiger partial charge is 0.494 e. The van der Waals surface area contributed by atoms with E-state index in [9.17, 15) is 13.2 Å². The van der Waals surface area contributed by atoms with E-state index in [0.29, 0.717) is 6.07 Å². The molecule has 0 fully saturated rings. The zero-order chi connectivity index (χ0) is 14.0. The first-order valence-corrected chi connectivity index (χ1v) is 5.26. The van der Waals surface area contributed by atoms with Gasteiger partial charge < -0.3 is 15.2 Å². The maximum absolute atomic E-state index is 13.3. The van der Waals surface area contributed by atoms with Crippen molar-refractivity contribution >= 4 is 5.69 Å². The number of hydrogen-bond acceptors (Lipinski definition) is 3. The third kappa shape index (κ3) is 2.90. The molecule has 0 amide bonds. The van der Waals surface area contributed by atoms with Gasteiger partial charge in [-0.2, -0.15) is 0 Å². The van der Waals surface area contributed by atoms with E-state index >= 15 is 0 Å². The molecule has 0 aliphatic heterocycles. The average molecular weight is 269 g/mol. The third-order valence-corrected chi connectivity index (χ3v) is 2.35. The van der Waals surface area contributed by atoms with Gasteiger partial charge >= 0.3 is 0 Å². The highest BCUT2D eigenvalue weighted by atomic mass is 19.1. The lowest BCUT2D eigenvalue weighted by molar-refractivity contribution is 0.381. The summed E-state index contributed by atoms with van der Waals surface area (Å²) in [5.41, 5.74) is 5.55. The highest BCUT2D eigenvalue weighted by molar-refractivity contribution is 5.57. The monoisotopic (exact) mass is 269 g/mol. The van der Waals surface area contributed by atoms with Gasteiger partial charge in [0.2, 0.25) is 0 Å². The van der Waals surface area contributed by atoms with Gasteiger partial charge in [-0.1, -0.05) is 0 Å². The van der Waals surface area contributed by atoms with E-state index < -0.39 is 17.5 Å². The van der Waals surface area contributed by atoms with Crippen LogP contribution in [0.3, 0.4) is 0 Å². The van der Waals surface area contributed by atoms with Gasteiger partial charge in [0, 0.05) is 30.3 Å². The molecule has 2 aromatic rings. The fraction of sp³-hybridized carbons (Fsp3) is 0.0769. The van der Waals surface area contributed by atoms with Gasteiger partial charge in [-0.15, -0.1) is 0 Å². The fourth-order valence-corrected chi connectivity index (χ4v) is 1.51. The molecule has 0 saturated carbocycles. The van der Waals surface area contributed by atoms with Crippen molar-refractivity contribution in [1.29, 1.82) is 0 Å². The Kier molecular flexibility index (Phi) is 3.50. The highest BCUT2D eigenvalue weighted by Gasteiger charge is 2.11. The molecular formula is C13H10F3NO2. The second kappa shape index (κ2) is 5.09. The number of benzene rings is 2. The number of ether oxygens (including phenoxy) is 2. The van der Waals surface area contributed by atoms with Crippen LogP contribution in [0.4, 0.5) is 18.9 Å². The van der Waals surface area contributed by atoms with Crippen LogP contribution in [-0.2, 0) is 0 Å². The van der Waals surface area contributed by atoms with Crippen LogP contribution >= 0.6 is 0 Å². The van der Waals surface area contributed by atoms with E-state index in [1.54, 1.807) is 0 Å². The van der Waals surface area contributed by atoms with Gasteiger partial charge in [-0.05, 0) is 0 Å². The summed E-state index contributed by atoms with van der Waals surface area (Å²) in [5, 5.41) is 0. The Bertz CT molecular complexity index is 597. The molecule has 0 unspecified atom stereocenters. The van der Waals surface area contributed by atoms with Crippen LogP contribution in [0, 0.1) is 17.5 Å². The van der Waals surface area contributed by atoms with Crippen molar-refractivity contribution in [3.05, 3.63) is 47.8 Å². The first kappa shape index (κ1) is 13.1. The zero-order valence-electron chi connectivity index (χ0n) is 9.91. The molecule has 0 heterocycles. The number of anilines is 1. The van der Waals surface area contributed by atoms with Crippen molar-refractivity contribution in [3.63, 3.8) is 0 Å². The van der Waals surface area contributed by atoms with Crippen molar-refractivity contribution < 1.29 is 22.6 Å². The second-order valence-corrected chi connectivity index (χ2v) is 3.73. The SMILES string of the molecule is COc1cc(Oc2cc(F)cc(F)c2)c(N)cc1F. The standard InChI is InChI=1S/C13H10F3NO2/c1-18-12-6-13(11(17)5-10(12)16)19-9-3-7(14)2-8(15)4-9/h2-6H,17H2,1H3. The van der Waals surface area contributed by atoms with E-state index in [-0.39, 0.29) is 22.9 Å². The summed E-state index contributed by atoms with van der Waals surface area (Å²) in [5.74, 6) is -2.36. The van der Waals surface area contributed by atoms with Gasteiger partial charge in [0.25, 0.3) is 0 Å². The minimum Gasteiger partial charge on any atom is -0.494 e. The van der Waals surface area contributed by atoms with E-state index in [1.165, 1.54) is 13.2 Å². The van der Waals surface area contributed by atoms with Crippen molar-refractivity contribution in [1.82, 2.24) is 0 Å². The molecule has 6 heteroatoms. The lowest BCUT2D eigenvalue weighted by atomic mass is 10.2. The normalized spacial score (nSPS) is 10.3. The Hall–Kier alpha value is -2.37. The minimum atomic E-state index is -0.789. The molecule has 3 nitrogen and oxygen atoms in total. The average Bonchev–Trinajstić information content (AvgIpc) is 2.31. The Morgan fingerprint density at radius 3 is 2.11 bits per heavy atom. The highest BCUT2D eigenvalue weighted by Crippen LogP contribution is 2.33. The van der Waals surface area contributed by atoms with Crippen LogP contribution in [0.1, 0.15) is 0 Å². The van der Waals surface area contributed by atoms with Crippen molar-refractivity contribution in [2.75, 3.05) is 12.8 Å². The molecule has 0 saturated heterocycles. The number of methoxy groups -OCH3 is 1. The molecule has 19 heavy (non-hydrogen) atoms. The topological polar surface area (TPSA) is 44.5 Å². The summed E-state index contributed by atoms with van der Waals surface area (Å²) in [4.78, 5) is 0. The lowest BCUT2D eigenvalue weighted by Crippen LogP contribution is -1.97. The number of nitrogens with two attached hydrogens (primary N) is 1. The Balaban J connectivity index is 2.37. The third-order valence-electron chi connectivity index (χ3n) is 2.35. The van der Waals surface area contributed by atoms with Gasteiger partial charge in [-0.3, -0.25) is 0 Å². The number of rotatable bonds is 3. The van der Waals surface area contributed by atoms with Gasteiger partial charge in [0.05, 0.1) is 12.8 Å². The maximum Gasteiger partial charge on any atom is 0.167 e. The van der Waals surface area contributed by atoms with E-state index in [2.05, 4.69) is 0 Å². The van der Waals surface area contributed by atoms with Gasteiger partial charge in [0.1, 0.15) is 17.4 Å². The van der Waals surface area contributed by atoms with Crippen LogP contribution in [0.25, 0.3) is 0 Å². The molecule has 0 aliphatic carbocycles. The summed E-state index contributed by atoms with van der Waals surface area (Å²) in [7, 11) is 1.28. The Morgan fingerprint density at radius 1 is 0.895 bits per heavy atom. The summed E-state index contributed by atoms with van der Waals surface area (Å²) >= 11 is 0. The molecule has 2 aromatic carbocycles. The molecule has 0 radical (unpaired) electrons. The molecule has 0 bridgehead atoms. The van der Waals surface area contributed by atoms with Crippen LogP contribution < -0.4 is 15.2 Å². The van der Waals surface area contributed by atoms with Gasteiger partial charge in [-0.25, -0.2) is 13.2 Å². The van der Waals surface area contributed by atoms with Crippen LogP contribution in [0.5, 0.6) is 17.2 Å². The van der Waals surface area contributed by atoms with Gasteiger partial charge in [0.15, 0.2) is 17.3 Å². The lowest BCUT2D eigenvalue weighted by Gasteiger charge is -2.11. The van der Waals surface area contributed by atoms with E-state index in [0.717, 1.165) is 18.2 Å². The van der Waals surface area contributed by atoms with Crippen LogP contribution in [0.2, 0.25) is 0 Å². The molecule has 0 aromatic heterocycles. The number of nitrogen functional groups attached to an aromatic ring is 1. The first-order chi connectivity index (χ1) is 8.99.